The molecule has 1 atom stereocenters. The van der Waals surface area contributed by atoms with E-state index in [1.807, 2.05) is 32.4 Å². The van der Waals surface area contributed by atoms with E-state index in [0.29, 0.717) is 5.75 Å². The maximum Gasteiger partial charge on any atom is 0.462 e. The summed E-state index contributed by atoms with van der Waals surface area (Å²) in [6, 6.07) is 5.49. The van der Waals surface area contributed by atoms with Crippen molar-refractivity contribution >= 4 is 25.5 Å². The zero-order valence-corrected chi connectivity index (χ0v) is 14.2. The molecule has 1 heterocycles. The van der Waals surface area contributed by atoms with Crippen LogP contribution in [0, 0.1) is 0 Å². The Kier molecular flexibility index (Phi) is 6.36. The SMILES string of the molecule is CN(C)CCc1c[nH]c2cccc(OP(O)OC(=O)CCN)c12. The van der Waals surface area contributed by atoms with Gasteiger partial charge in [0.25, 0.3) is 0 Å². The highest BCUT2D eigenvalue weighted by atomic mass is 31.2. The van der Waals surface area contributed by atoms with Gasteiger partial charge in [0.05, 0.1) is 6.42 Å². The summed E-state index contributed by atoms with van der Waals surface area (Å²) in [6.45, 7) is 1.06. The van der Waals surface area contributed by atoms with Gasteiger partial charge >= 0.3 is 14.6 Å². The van der Waals surface area contributed by atoms with Gasteiger partial charge in [0.1, 0.15) is 5.75 Å². The van der Waals surface area contributed by atoms with Crippen molar-refractivity contribution in [1.82, 2.24) is 9.88 Å². The zero-order chi connectivity index (χ0) is 16.8. The number of likely N-dealkylation sites (N-methyl/N-ethyl adjacent to an activating group) is 1. The van der Waals surface area contributed by atoms with E-state index in [0.717, 1.165) is 29.4 Å². The molecule has 126 valence electrons. The number of carbonyl (C=O) groups excluding carboxylic acids is 1. The molecule has 0 saturated heterocycles. The van der Waals surface area contributed by atoms with Crippen molar-refractivity contribution < 1.29 is 18.7 Å². The van der Waals surface area contributed by atoms with Crippen molar-refractivity contribution in [3.63, 3.8) is 0 Å². The molecule has 8 heteroatoms. The molecule has 4 N–H and O–H groups in total. The maximum absolute atomic E-state index is 11.4. The van der Waals surface area contributed by atoms with Gasteiger partial charge in [-0.3, -0.25) is 4.79 Å². The Morgan fingerprint density at radius 2 is 2.22 bits per heavy atom. The lowest BCUT2D eigenvalue weighted by atomic mass is 10.1. The zero-order valence-electron chi connectivity index (χ0n) is 13.3. The minimum atomic E-state index is -2.33. The standard InChI is InChI=1S/C15H22N3O4P/c1-18(2)9-7-11-10-17-12-4-3-5-13(15(11)12)21-23(20)22-14(19)6-8-16/h3-5,10,17,20H,6-9,16H2,1-2H3. The number of benzene rings is 1. The van der Waals surface area contributed by atoms with Gasteiger partial charge in [0.2, 0.25) is 0 Å². The molecule has 1 aromatic carbocycles. The van der Waals surface area contributed by atoms with Crippen molar-refractivity contribution in [1.29, 1.82) is 0 Å². The predicted octanol–water partition coefficient (Wildman–Crippen LogP) is 1.76. The maximum atomic E-state index is 11.4. The molecule has 2 rings (SSSR count). The van der Waals surface area contributed by atoms with Crippen LogP contribution >= 0.6 is 8.60 Å². The summed E-state index contributed by atoms with van der Waals surface area (Å²) in [4.78, 5) is 26.5. The van der Waals surface area contributed by atoms with Gasteiger partial charge in [-0.1, -0.05) is 6.07 Å². The average Bonchev–Trinajstić information content (AvgIpc) is 2.89. The number of aromatic amines is 1. The normalized spacial score (nSPS) is 12.6. The first-order chi connectivity index (χ1) is 11.0. The quantitative estimate of drug-likeness (QED) is 0.634. The summed E-state index contributed by atoms with van der Waals surface area (Å²) in [5.41, 5.74) is 7.27. The average molecular weight is 339 g/mol. The summed E-state index contributed by atoms with van der Waals surface area (Å²) in [5.74, 6) is -0.0816. The fourth-order valence-electron chi connectivity index (χ4n) is 2.19. The van der Waals surface area contributed by atoms with Gasteiger partial charge < -0.3 is 29.6 Å². The van der Waals surface area contributed by atoms with Crippen LogP contribution in [0.15, 0.2) is 24.4 Å². The van der Waals surface area contributed by atoms with E-state index in [-0.39, 0.29) is 13.0 Å². The number of H-pyrrole nitrogens is 1. The Balaban J connectivity index is 2.16. The molecule has 1 unspecified atom stereocenters. The monoisotopic (exact) mass is 339 g/mol. The first kappa shape index (κ1) is 17.7. The Morgan fingerprint density at radius 3 is 2.91 bits per heavy atom. The van der Waals surface area contributed by atoms with Gasteiger partial charge in [0.15, 0.2) is 0 Å². The fraction of sp³-hybridized carbons (Fsp3) is 0.400. The fourth-order valence-corrected chi connectivity index (χ4v) is 2.81. The van der Waals surface area contributed by atoms with Gasteiger partial charge in [-0.2, -0.15) is 0 Å². The van der Waals surface area contributed by atoms with E-state index in [9.17, 15) is 9.69 Å². The first-order valence-electron chi connectivity index (χ1n) is 7.32. The van der Waals surface area contributed by atoms with Crippen LogP contribution in [0.4, 0.5) is 0 Å². The predicted molar refractivity (Wildman–Crippen MR) is 90.1 cm³/mol. The first-order valence-corrected chi connectivity index (χ1v) is 8.46. The number of nitrogens with two attached hydrogens (primary N) is 1. The van der Waals surface area contributed by atoms with Gasteiger partial charge in [0, 0.05) is 30.2 Å². The summed E-state index contributed by atoms with van der Waals surface area (Å²) in [6.07, 6.45) is 2.82. The molecule has 0 spiro atoms. The minimum absolute atomic E-state index is 0.0468. The van der Waals surface area contributed by atoms with Crippen LogP contribution in [0.5, 0.6) is 5.75 Å². The molecule has 23 heavy (non-hydrogen) atoms. The molecule has 0 radical (unpaired) electrons. The number of hydrogen-bond donors (Lipinski definition) is 3. The smallest absolute Gasteiger partial charge is 0.417 e. The lowest BCUT2D eigenvalue weighted by Gasteiger charge is -2.13. The number of rotatable bonds is 8. The third-order valence-electron chi connectivity index (χ3n) is 3.28. The molecule has 2 aromatic rings. The Hall–Kier alpha value is -1.66. The Labute approximate surface area is 136 Å². The molecule has 0 bridgehead atoms. The van der Waals surface area contributed by atoms with Crippen molar-refractivity contribution in [2.24, 2.45) is 5.73 Å². The number of carbonyl (C=O) groups is 1. The molecule has 7 nitrogen and oxygen atoms in total. The topological polar surface area (TPSA) is 101 Å². The molecule has 0 aliphatic carbocycles. The lowest BCUT2D eigenvalue weighted by Crippen LogP contribution is -2.14. The van der Waals surface area contributed by atoms with Crippen LogP contribution in [0.3, 0.4) is 0 Å². The van der Waals surface area contributed by atoms with Gasteiger partial charge in [-0.15, -0.1) is 0 Å². The molecular formula is C15H22N3O4P. The number of aromatic nitrogens is 1. The van der Waals surface area contributed by atoms with Crippen LogP contribution in [0.2, 0.25) is 0 Å². The highest BCUT2D eigenvalue weighted by Gasteiger charge is 2.18. The second-order valence-corrected chi connectivity index (χ2v) is 6.22. The second kappa shape index (κ2) is 8.26. The Morgan fingerprint density at radius 1 is 1.43 bits per heavy atom. The number of nitrogens with one attached hydrogen (secondary N) is 1. The number of hydrogen-bond acceptors (Lipinski definition) is 6. The highest BCUT2D eigenvalue weighted by molar-refractivity contribution is 7.41. The minimum Gasteiger partial charge on any atom is -0.417 e. The van der Waals surface area contributed by atoms with Gasteiger partial charge in [-0.25, -0.2) is 0 Å². The molecule has 1 aromatic heterocycles. The van der Waals surface area contributed by atoms with E-state index in [2.05, 4.69) is 9.88 Å². The van der Waals surface area contributed by atoms with Crippen molar-refractivity contribution in [3.05, 3.63) is 30.0 Å². The van der Waals surface area contributed by atoms with Crippen molar-refractivity contribution in [2.45, 2.75) is 12.8 Å². The highest BCUT2D eigenvalue weighted by Crippen LogP contribution is 2.39. The van der Waals surface area contributed by atoms with Crippen LogP contribution in [0.1, 0.15) is 12.0 Å². The van der Waals surface area contributed by atoms with E-state index in [1.54, 1.807) is 6.07 Å². The molecule has 0 aliphatic rings. The molecule has 0 amide bonds. The van der Waals surface area contributed by atoms with Crippen molar-refractivity contribution in [3.8, 4) is 5.75 Å². The number of fused-ring (bicyclic) bond motifs is 1. The Bertz CT molecular complexity index is 659. The number of nitrogens with zero attached hydrogens (tertiary/aromatic N) is 1. The van der Waals surface area contributed by atoms with E-state index in [1.165, 1.54) is 0 Å². The van der Waals surface area contributed by atoms with Crippen LogP contribution in [-0.2, 0) is 15.7 Å². The van der Waals surface area contributed by atoms with E-state index in [4.69, 9.17) is 14.8 Å². The van der Waals surface area contributed by atoms with Crippen LogP contribution in [-0.4, -0.2) is 47.9 Å². The summed E-state index contributed by atoms with van der Waals surface area (Å²) in [5, 5.41) is 0.894. The summed E-state index contributed by atoms with van der Waals surface area (Å²) in [7, 11) is 1.69. The van der Waals surface area contributed by atoms with Gasteiger partial charge in [-0.05, 0) is 38.2 Å². The van der Waals surface area contributed by atoms with E-state index < -0.39 is 14.6 Å². The molecular weight excluding hydrogens is 317 g/mol. The molecule has 0 aliphatic heterocycles. The van der Waals surface area contributed by atoms with Crippen LogP contribution in [0.25, 0.3) is 10.9 Å². The van der Waals surface area contributed by atoms with Crippen LogP contribution < -0.4 is 10.3 Å². The summed E-state index contributed by atoms with van der Waals surface area (Å²) < 4.78 is 10.3. The molecule has 0 fully saturated rings. The third-order valence-corrected chi connectivity index (χ3v) is 4.00. The largest absolute Gasteiger partial charge is 0.462 e. The molecule has 0 saturated carbocycles. The summed E-state index contributed by atoms with van der Waals surface area (Å²) >= 11 is 0. The lowest BCUT2D eigenvalue weighted by molar-refractivity contribution is -0.134. The van der Waals surface area contributed by atoms with E-state index >= 15 is 0 Å². The second-order valence-electron chi connectivity index (χ2n) is 5.38. The van der Waals surface area contributed by atoms with Crippen molar-refractivity contribution in [2.75, 3.05) is 27.2 Å². The third kappa shape index (κ3) is 4.91.